The summed E-state index contributed by atoms with van der Waals surface area (Å²) in [5, 5.41) is 14.0. The van der Waals surface area contributed by atoms with Gasteiger partial charge in [0.25, 0.3) is 5.91 Å². The number of halogens is 2. The molecule has 0 saturated carbocycles. The standard InChI is InChI=1S/C24H22Cl2N4O3/c1-16-21(22(26)30(28-16)15-18-9-6-7-12-20(18)25)24(32)33-17(2)23(31)29(14-8-13-27)19-10-4-3-5-11-19/h3-7,9-12,17H,8,14-15H2,1-2H3. The molecule has 7 nitrogen and oxygen atoms in total. The highest BCUT2D eigenvalue weighted by atomic mass is 35.5. The lowest BCUT2D eigenvalue weighted by molar-refractivity contribution is -0.126. The fourth-order valence-corrected chi connectivity index (χ4v) is 3.81. The number of ether oxygens (including phenoxy) is 1. The molecule has 0 saturated heterocycles. The van der Waals surface area contributed by atoms with Crippen LogP contribution in [0.3, 0.4) is 0 Å². The van der Waals surface area contributed by atoms with Crippen LogP contribution in [-0.4, -0.2) is 34.3 Å². The predicted octanol–water partition coefficient (Wildman–Crippen LogP) is 5.04. The average molecular weight is 485 g/mol. The van der Waals surface area contributed by atoms with E-state index in [2.05, 4.69) is 5.10 Å². The first kappa shape index (κ1) is 24.3. The van der Waals surface area contributed by atoms with Crippen molar-refractivity contribution in [2.24, 2.45) is 0 Å². The molecular weight excluding hydrogens is 463 g/mol. The number of para-hydroxylation sites is 1. The number of anilines is 1. The molecule has 3 rings (SSSR count). The fourth-order valence-electron chi connectivity index (χ4n) is 3.30. The van der Waals surface area contributed by atoms with Crippen molar-refractivity contribution < 1.29 is 14.3 Å². The molecule has 9 heteroatoms. The Balaban J connectivity index is 1.77. The maximum atomic E-state index is 13.0. The number of nitrogens with zero attached hydrogens (tertiary/aromatic N) is 4. The van der Waals surface area contributed by atoms with E-state index in [4.69, 9.17) is 33.2 Å². The number of benzene rings is 2. The van der Waals surface area contributed by atoms with Crippen molar-refractivity contribution in [1.29, 1.82) is 5.26 Å². The molecule has 0 bridgehead atoms. The van der Waals surface area contributed by atoms with Crippen LogP contribution in [0.25, 0.3) is 0 Å². The van der Waals surface area contributed by atoms with Crippen LogP contribution in [0.5, 0.6) is 0 Å². The second kappa shape index (κ2) is 11.0. The summed E-state index contributed by atoms with van der Waals surface area (Å²) >= 11 is 12.7. The maximum Gasteiger partial charge on any atom is 0.343 e. The van der Waals surface area contributed by atoms with Crippen molar-refractivity contribution in [2.45, 2.75) is 32.9 Å². The van der Waals surface area contributed by atoms with Crippen LogP contribution in [0.4, 0.5) is 5.69 Å². The van der Waals surface area contributed by atoms with E-state index in [1.54, 1.807) is 37.3 Å². The molecule has 0 aliphatic carbocycles. The topological polar surface area (TPSA) is 88.2 Å². The minimum atomic E-state index is -1.10. The van der Waals surface area contributed by atoms with Gasteiger partial charge in [0.1, 0.15) is 10.7 Å². The third kappa shape index (κ3) is 5.72. The molecule has 0 N–H and O–H groups in total. The molecule has 0 aliphatic rings. The summed E-state index contributed by atoms with van der Waals surface area (Å²) < 4.78 is 6.92. The van der Waals surface area contributed by atoms with Gasteiger partial charge in [-0.2, -0.15) is 10.4 Å². The Kier molecular flexibility index (Phi) is 8.10. The Labute approximate surface area is 202 Å². The number of nitriles is 1. The van der Waals surface area contributed by atoms with Crippen molar-refractivity contribution in [3.05, 3.63) is 81.6 Å². The van der Waals surface area contributed by atoms with Crippen LogP contribution in [0.2, 0.25) is 10.2 Å². The van der Waals surface area contributed by atoms with Gasteiger partial charge >= 0.3 is 5.97 Å². The molecule has 1 aromatic heterocycles. The quantitative estimate of drug-likeness (QED) is 0.417. The van der Waals surface area contributed by atoms with E-state index in [-0.39, 0.29) is 30.2 Å². The zero-order chi connectivity index (χ0) is 24.0. The van der Waals surface area contributed by atoms with Crippen LogP contribution in [-0.2, 0) is 16.1 Å². The number of carbonyl (C=O) groups is 2. The van der Waals surface area contributed by atoms with Crippen molar-refractivity contribution >= 4 is 40.8 Å². The highest BCUT2D eigenvalue weighted by Crippen LogP contribution is 2.25. The molecule has 170 valence electrons. The molecule has 0 radical (unpaired) electrons. The summed E-state index contributed by atoms with van der Waals surface area (Å²) in [5.41, 5.74) is 1.87. The third-order valence-electron chi connectivity index (χ3n) is 4.96. The first-order valence-electron chi connectivity index (χ1n) is 10.2. The van der Waals surface area contributed by atoms with Crippen molar-refractivity contribution in [3.8, 4) is 6.07 Å². The zero-order valence-electron chi connectivity index (χ0n) is 18.2. The van der Waals surface area contributed by atoms with Crippen LogP contribution in [0, 0.1) is 18.3 Å². The minimum Gasteiger partial charge on any atom is -0.449 e. The molecule has 0 fully saturated rings. The monoisotopic (exact) mass is 484 g/mol. The molecule has 1 heterocycles. The Morgan fingerprint density at radius 2 is 1.82 bits per heavy atom. The van der Waals surface area contributed by atoms with Gasteiger partial charge in [-0.05, 0) is 37.6 Å². The van der Waals surface area contributed by atoms with Crippen molar-refractivity contribution in [1.82, 2.24) is 9.78 Å². The van der Waals surface area contributed by atoms with E-state index < -0.39 is 18.0 Å². The maximum absolute atomic E-state index is 13.0. The predicted molar refractivity (Wildman–Crippen MR) is 126 cm³/mol. The average Bonchev–Trinajstić information content (AvgIpc) is 3.08. The molecular formula is C24H22Cl2N4O3. The summed E-state index contributed by atoms with van der Waals surface area (Å²) in [6.07, 6.45) is -0.958. The number of amides is 1. The normalized spacial score (nSPS) is 11.5. The van der Waals surface area contributed by atoms with E-state index in [0.717, 1.165) is 5.56 Å². The second-order valence-corrected chi connectivity index (χ2v) is 8.05. The van der Waals surface area contributed by atoms with E-state index in [0.29, 0.717) is 16.4 Å². The summed E-state index contributed by atoms with van der Waals surface area (Å²) in [7, 11) is 0. The zero-order valence-corrected chi connectivity index (χ0v) is 19.7. The number of hydrogen-bond acceptors (Lipinski definition) is 5. The summed E-state index contributed by atoms with van der Waals surface area (Å²) in [5.74, 6) is -1.20. The Morgan fingerprint density at radius 1 is 1.15 bits per heavy atom. The van der Waals surface area contributed by atoms with Gasteiger partial charge in [0.15, 0.2) is 6.10 Å². The highest BCUT2D eigenvalue weighted by molar-refractivity contribution is 6.33. The van der Waals surface area contributed by atoms with E-state index >= 15 is 0 Å². The molecule has 0 spiro atoms. The third-order valence-corrected chi connectivity index (χ3v) is 5.71. The number of hydrogen-bond donors (Lipinski definition) is 0. The lowest BCUT2D eigenvalue weighted by atomic mass is 10.2. The van der Waals surface area contributed by atoms with Gasteiger partial charge in [0.2, 0.25) is 0 Å². The van der Waals surface area contributed by atoms with Gasteiger partial charge in [-0.15, -0.1) is 0 Å². The molecule has 1 unspecified atom stereocenters. The van der Waals surface area contributed by atoms with Gasteiger partial charge in [-0.1, -0.05) is 59.6 Å². The van der Waals surface area contributed by atoms with Gasteiger partial charge in [0, 0.05) is 17.3 Å². The Bertz CT molecular complexity index is 1190. The summed E-state index contributed by atoms with van der Waals surface area (Å²) in [6, 6.07) is 18.2. The lowest BCUT2D eigenvalue weighted by Gasteiger charge is -2.25. The summed E-state index contributed by atoms with van der Waals surface area (Å²) in [6.45, 7) is 3.58. The number of carbonyl (C=O) groups excluding carboxylic acids is 2. The second-order valence-electron chi connectivity index (χ2n) is 7.28. The number of esters is 1. The van der Waals surface area contributed by atoms with Crippen LogP contribution in [0.15, 0.2) is 54.6 Å². The van der Waals surface area contributed by atoms with Crippen LogP contribution in [0.1, 0.15) is 35.0 Å². The number of aryl methyl sites for hydroxylation is 1. The smallest absolute Gasteiger partial charge is 0.343 e. The van der Waals surface area contributed by atoms with Gasteiger partial charge in [-0.25, -0.2) is 9.48 Å². The van der Waals surface area contributed by atoms with Gasteiger partial charge < -0.3 is 9.64 Å². The Morgan fingerprint density at radius 3 is 2.48 bits per heavy atom. The van der Waals surface area contributed by atoms with Crippen molar-refractivity contribution in [2.75, 3.05) is 11.4 Å². The van der Waals surface area contributed by atoms with Crippen molar-refractivity contribution in [3.63, 3.8) is 0 Å². The number of aromatic nitrogens is 2. The summed E-state index contributed by atoms with van der Waals surface area (Å²) in [4.78, 5) is 27.4. The van der Waals surface area contributed by atoms with Crippen LogP contribution < -0.4 is 4.90 Å². The van der Waals surface area contributed by atoms with E-state index in [1.807, 2.05) is 30.3 Å². The molecule has 1 amide bonds. The first-order valence-corrected chi connectivity index (χ1v) is 11.0. The van der Waals surface area contributed by atoms with Gasteiger partial charge in [0.05, 0.1) is 24.7 Å². The fraction of sp³-hybridized carbons (Fsp3) is 0.250. The lowest BCUT2D eigenvalue weighted by Crippen LogP contribution is -2.40. The Hall–Kier alpha value is -3.34. The van der Waals surface area contributed by atoms with Gasteiger partial charge in [-0.3, -0.25) is 4.79 Å². The largest absolute Gasteiger partial charge is 0.449 e. The molecule has 1 atom stereocenters. The molecule has 2 aromatic carbocycles. The van der Waals surface area contributed by atoms with E-state index in [9.17, 15) is 9.59 Å². The van der Waals surface area contributed by atoms with Crippen LogP contribution >= 0.6 is 23.2 Å². The minimum absolute atomic E-state index is 0.0895. The SMILES string of the molecule is Cc1nn(Cc2ccccc2Cl)c(Cl)c1C(=O)OC(C)C(=O)N(CCC#N)c1ccccc1. The van der Waals surface area contributed by atoms with E-state index in [1.165, 1.54) is 16.5 Å². The first-order chi connectivity index (χ1) is 15.8. The molecule has 33 heavy (non-hydrogen) atoms. The highest BCUT2D eigenvalue weighted by Gasteiger charge is 2.29. The molecule has 0 aliphatic heterocycles. The molecule has 3 aromatic rings. The number of rotatable bonds is 8.